The van der Waals surface area contributed by atoms with Gasteiger partial charge in [-0.25, -0.2) is 0 Å². The van der Waals surface area contributed by atoms with E-state index in [9.17, 15) is 10.2 Å². The SMILES string of the molecule is CC1(C)C[C@H]2[C@H](O)[C+]3CO[C@H](O)[C@]34C[C@]4(C)[C@H]2C1. The number of ether oxygens (including phenoxy) is 1. The molecule has 0 aromatic rings. The van der Waals surface area contributed by atoms with E-state index in [1.165, 1.54) is 6.42 Å². The van der Waals surface area contributed by atoms with Crippen molar-refractivity contribution in [2.75, 3.05) is 6.61 Å². The Morgan fingerprint density at radius 1 is 1.17 bits per heavy atom. The van der Waals surface area contributed by atoms with Gasteiger partial charge in [-0.2, -0.15) is 0 Å². The lowest BCUT2D eigenvalue weighted by Gasteiger charge is -2.36. The van der Waals surface area contributed by atoms with Crippen molar-refractivity contribution in [2.45, 2.75) is 52.4 Å². The van der Waals surface area contributed by atoms with Crippen molar-refractivity contribution in [2.24, 2.45) is 28.1 Å². The number of aliphatic hydroxyl groups excluding tert-OH is 2. The van der Waals surface area contributed by atoms with E-state index in [1.807, 2.05) is 0 Å². The summed E-state index contributed by atoms with van der Waals surface area (Å²) in [5.41, 5.74) is 0.276. The molecule has 3 aliphatic carbocycles. The molecule has 0 unspecified atom stereocenters. The van der Waals surface area contributed by atoms with Gasteiger partial charge in [0, 0.05) is 17.8 Å². The van der Waals surface area contributed by atoms with E-state index >= 15 is 0 Å². The number of hydrogen-bond donors (Lipinski definition) is 2. The van der Waals surface area contributed by atoms with Crippen LogP contribution in [0.1, 0.15) is 40.0 Å². The summed E-state index contributed by atoms with van der Waals surface area (Å²) in [5, 5.41) is 20.9. The van der Waals surface area contributed by atoms with Crippen LogP contribution >= 0.6 is 0 Å². The third-order valence-electron chi connectivity index (χ3n) is 6.59. The Morgan fingerprint density at radius 3 is 2.61 bits per heavy atom. The predicted molar refractivity (Wildman–Crippen MR) is 66.4 cm³/mol. The summed E-state index contributed by atoms with van der Waals surface area (Å²) in [5.74, 6) is 2.02. The van der Waals surface area contributed by atoms with E-state index in [2.05, 4.69) is 20.8 Å². The van der Waals surface area contributed by atoms with Gasteiger partial charge in [-0.1, -0.05) is 20.8 Å². The fraction of sp³-hybridized carbons (Fsp3) is 0.933. The third kappa shape index (κ3) is 1.03. The highest BCUT2D eigenvalue weighted by Gasteiger charge is 2.89. The molecule has 4 rings (SSSR count). The zero-order valence-corrected chi connectivity index (χ0v) is 11.4. The van der Waals surface area contributed by atoms with Gasteiger partial charge in [0.25, 0.3) is 0 Å². The highest BCUT2D eigenvalue weighted by molar-refractivity contribution is 5.38. The van der Waals surface area contributed by atoms with Gasteiger partial charge >= 0.3 is 0 Å². The number of fused-ring (bicyclic) bond motifs is 2. The van der Waals surface area contributed by atoms with Crippen LogP contribution in [0.15, 0.2) is 0 Å². The van der Waals surface area contributed by atoms with Gasteiger partial charge in [-0.3, -0.25) is 0 Å². The summed E-state index contributed by atoms with van der Waals surface area (Å²) in [4.78, 5) is 0. The lowest BCUT2D eigenvalue weighted by molar-refractivity contribution is -0.108. The molecule has 1 heterocycles. The standard InChI is InChI=1S/C15H23O3/c1-13(2)4-8-9(5-13)14(3)7-15(14)10(11(8)16)6-18-12(15)17/h8-9,11-12,16-17H,4-7H2,1-3H3/q+1/t8-,9+,11+,12+,14-,15+/m1/s1. The Kier molecular flexibility index (Phi) is 1.87. The van der Waals surface area contributed by atoms with Crippen molar-refractivity contribution < 1.29 is 14.9 Å². The third-order valence-corrected chi connectivity index (χ3v) is 6.59. The maximum absolute atomic E-state index is 10.7. The molecule has 18 heavy (non-hydrogen) atoms. The lowest BCUT2D eigenvalue weighted by Crippen LogP contribution is -2.46. The Labute approximate surface area is 109 Å². The zero-order chi connectivity index (χ0) is 12.9. The van der Waals surface area contributed by atoms with E-state index < -0.39 is 6.29 Å². The normalized spacial score (nSPS) is 60.2. The summed E-state index contributed by atoms with van der Waals surface area (Å²) < 4.78 is 5.46. The van der Waals surface area contributed by atoms with Gasteiger partial charge < -0.3 is 14.9 Å². The first-order valence-corrected chi connectivity index (χ1v) is 7.16. The zero-order valence-electron chi connectivity index (χ0n) is 11.4. The van der Waals surface area contributed by atoms with E-state index in [0.717, 1.165) is 18.8 Å². The molecule has 2 N–H and O–H groups in total. The number of aliphatic hydroxyl groups is 2. The van der Waals surface area contributed by atoms with Crippen molar-refractivity contribution in [3.63, 3.8) is 0 Å². The Hall–Kier alpha value is -0.250. The average Bonchev–Trinajstić information content (AvgIpc) is 2.59. The van der Waals surface area contributed by atoms with Crippen molar-refractivity contribution in [3.05, 3.63) is 5.92 Å². The summed E-state index contributed by atoms with van der Waals surface area (Å²) in [7, 11) is 0. The minimum absolute atomic E-state index is 0.163. The highest BCUT2D eigenvalue weighted by atomic mass is 16.6. The van der Waals surface area contributed by atoms with Gasteiger partial charge in [0.1, 0.15) is 0 Å². The molecule has 0 amide bonds. The summed E-state index contributed by atoms with van der Waals surface area (Å²) in [6.45, 7) is 7.38. The summed E-state index contributed by atoms with van der Waals surface area (Å²) in [6.07, 6.45) is 2.24. The van der Waals surface area contributed by atoms with Crippen LogP contribution in [0.25, 0.3) is 0 Å². The first-order valence-electron chi connectivity index (χ1n) is 7.16. The molecule has 1 saturated heterocycles. The van der Waals surface area contributed by atoms with Gasteiger partial charge in [-0.15, -0.1) is 0 Å². The van der Waals surface area contributed by atoms with Crippen LogP contribution < -0.4 is 0 Å². The molecule has 4 fully saturated rings. The quantitative estimate of drug-likeness (QED) is 0.645. The van der Waals surface area contributed by atoms with Gasteiger partial charge in [0.2, 0.25) is 12.4 Å². The largest absolute Gasteiger partial charge is 0.364 e. The first-order chi connectivity index (χ1) is 8.32. The summed E-state index contributed by atoms with van der Waals surface area (Å²) in [6, 6.07) is 0. The van der Waals surface area contributed by atoms with Crippen LogP contribution in [0.3, 0.4) is 0 Å². The Balaban J connectivity index is 1.77. The maximum atomic E-state index is 10.7. The Bertz CT molecular complexity index is 407. The van der Waals surface area contributed by atoms with E-state index in [-0.39, 0.29) is 16.9 Å². The van der Waals surface area contributed by atoms with Gasteiger partial charge in [0.15, 0.2) is 17.9 Å². The van der Waals surface area contributed by atoms with Crippen molar-refractivity contribution in [3.8, 4) is 0 Å². The molecular weight excluding hydrogens is 228 g/mol. The van der Waals surface area contributed by atoms with E-state index in [4.69, 9.17) is 4.74 Å². The fourth-order valence-electron chi connectivity index (χ4n) is 5.69. The molecule has 6 atom stereocenters. The van der Waals surface area contributed by atoms with Crippen LogP contribution in [-0.4, -0.2) is 29.2 Å². The van der Waals surface area contributed by atoms with Crippen molar-refractivity contribution in [1.29, 1.82) is 0 Å². The van der Waals surface area contributed by atoms with Gasteiger partial charge in [0.05, 0.1) is 0 Å². The van der Waals surface area contributed by atoms with E-state index in [0.29, 0.717) is 23.9 Å². The molecule has 4 aliphatic rings. The molecular formula is C15H23O3+. The second-order valence-corrected chi connectivity index (χ2v) is 8.04. The smallest absolute Gasteiger partial charge is 0.206 e. The molecule has 1 aliphatic heterocycles. The molecule has 3 heteroatoms. The van der Waals surface area contributed by atoms with E-state index in [1.54, 1.807) is 0 Å². The predicted octanol–water partition coefficient (Wildman–Crippen LogP) is 1.73. The molecule has 100 valence electrons. The van der Waals surface area contributed by atoms with Gasteiger partial charge in [-0.05, 0) is 24.2 Å². The van der Waals surface area contributed by atoms with Crippen LogP contribution in [0, 0.1) is 34.0 Å². The van der Waals surface area contributed by atoms with Crippen LogP contribution in [0.2, 0.25) is 0 Å². The minimum atomic E-state index is -0.684. The van der Waals surface area contributed by atoms with Crippen molar-refractivity contribution in [1.82, 2.24) is 0 Å². The van der Waals surface area contributed by atoms with Crippen molar-refractivity contribution >= 4 is 0 Å². The highest BCUT2D eigenvalue weighted by Crippen LogP contribution is 2.82. The summed E-state index contributed by atoms with van der Waals surface area (Å²) >= 11 is 0. The monoisotopic (exact) mass is 251 g/mol. The maximum Gasteiger partial charge on any atom is 0.206 e. The molecule has 3 saturated carbocycles. The number of rotatable bonds is 0. The molecule has 0 bridgehead atoms. The van der Waals surface area contributed by atoms with Crippen LogP contribution in [0.5, 0.6) is 0 Å². The molecule has 0 aromatic heterocycles. The second kappa shape index (κ2) is 2.92. The minimum Gasteiger partial charge on any atom is -0.364 e. The molecule has 1 spiro atoms. The van der Waals surface area contributed by atoms with Crippen LogP contribution in [-0.2, 0) is 4.74 Å². The second-order valence-electron chi connectivity index (χ2n) is 8.04. The van der Waals surface area contributed by atoms with Crippen LogP contribution in [0.4, 0.5) is 0 Å². The molecule has 0 aromatic carbocycles. The molecule has 3 nitrogen and oxygen atoms in total. The Morgan fingerprint density at radius 2 is 1.89 bits per heavy atom. The number of hydrogen-bond acceptors (Lipinski definition) is 3. The topological polar surface area (TPSA) is 49.7 Å². The lowest BCUT2D eigenvalue weighted by atomic mass is 9.63. The average molecular weight is 251 g/mol. The first kappa shape index (κ1) is 11.6. The fourth-order valence-corrected chi connectivity index (χ4v) is 5.69. The molecule has 0 radical (unpaired) electrons.